The molecule has 3 rings (SSSR count). The number of nitrogens with one attached hydrogen (secondary N) is 1. The fourth-order valence-electron chi connectivity index (χ4n) is 2.28. The molecule has 0 spiro atoms. The lowest BCUT2D eigenvalue weighted by molar-refractivity contribution is -0.159. The van der Waals surface area contributed by atoms with E-state index in [9.17, 15) is 17.7 Å². The normalized spacial score (nSPS) is 17.4. The zero-order valence-corrected chi connectivity index (χ0v) is 14.3. The molecule has 1 aliphatic carbocycles. The average Bonchev–Trinajstić information content (AvgIpc) is 3.17. The fourth-order valence-corrected chi connectivity index (χ4v) is 4.46. The summed E-state index contributed by atoms with van der Waals surface area (Å²) in [6.45, 7) is 2.11. The Balaban J connectivity index is 1.73. The molecule has 0 saturated heterocycles. The zero-order chi connectivity index (χ0) is 18.1. The highest BCUT2D eigenvalue weighted by Gasteiger charge is 2.38. The monoisotopic (exact) mass is 375 g/mol. The van der Waals surface area contributed by atoms with Crippen LogP contribution in [-0.4, -0.2) is 22.8 Å². The number of hydrogen-bond acceptors (Lipinski definition) is 5. The summed E-state index contributed by atoms with van der Waals surface area (Å²) in [5.74, 6) is -1.54. The lowest BCUT2D eigenvalue weighted by atomic mass is 10.1. The summed E-state index contributed by atoms with van der Waals surface area (Å²) in [6.07, 6.45) is -2.51. The van der Waals surface area contributed by atoms with Gasteiger partial charge in [0.2, 0.25) is 5.82 Å². The molecular formula is C15H17F3N3O3P. The van der Waals surface area contributed by atoms with Gasteiger partial charge in [-0.25, -0.2) is 5.09 Å². The van der Waals surface area contributed by atoms with Gasteiger partial charge in [0.1, 0.15) is 0 Å². The molecule has 1 aromatic heterocycles. The highest BCUT2D eigenvalue weighted by molar-refractivity contribution is 7.56. The number of rotatable bonds is 7. The van der Waals surface area contributed by atoms with Gasteiger partial charge in [-0.05, 0) is 25.3 Å². The first kappa shape index (κ1) is 18.1. The van der Waals surface area contributed by atoms with Gasteiger partial charge in [0.05, 0.1) is 12.8 Å². The van der Waals surface area contributed by atoms with Crippen LogP contribution in [0.5, 0.6) is 0 Å². The van der Waals surface area contributed by atoms with E-state index in [2.05, 4.69) is 19.8 Å². The first-order chi connectivity index (χ1) is 11.8. The number of nitrogens with zero attached hydrogens (tertiary/aromatic N) is 2. The molecule has 2 aromatic rings. The van der Waals surface area contributed by atoms with E-state index in [0.717, 1.165) is 18.4 Å². The van der Waals surface area contributed by atoms with Crippen LogP contribution in [0.1, 0.15) is 31.2 Å². The maximum absolute atomic E-state index is 12.8. The minimum atomic E-state index is -4.68. The van der Waals surface area contributed by atoms with E-state index in [1.54, 1.807) is 31.2 Å². The Hall–Kier alpha value is -1.70. The molecule has 0 aliphatic heterocycles. The van der Waals surface area contributed by atoms with E-state index in [4.69, 9.17) is 4.52 Å². The minimum Gasteiger partial charge on any atom is -0.329 e. The van der Waals surface area contributed by atoms with Gasteiger partial charge in [0.15, 0.2) is 0 Å². The highest BCUT2D eigenvalue weighted by atomic mass is 31.2. The predicted molar refractivity (Wildman–Crippen MR) is 83.8 cm³/mol. The van der Waals surface area contributed by atoms with Gasteiger partial charge < -0.3 is 9.05 Å². The van der Waals surface area contributed by atoms with E-state index in [-0.39, 0.29) is 18.0 Å². The lowest BCUT2D eigenvalue weighted by Crippen LogP contribution is -2.16. The highest BCUT2D eigenvalue weighted by Crippen LogP contribution is 2.49. The number of alkyl halides is 3. The van der Waals surface area contributed by atoms with Crippen LogP contribution in [0.3, 0.4) is 0 Å². The Bertz CT molecular complexity index is 772. The molecular weight excluding hydrogens is 358 g/mol. The summed E-state index contributed by atoms with van der Waals surface area (Å²) >= 11 is 0. The SMILES string of the molecule is CCOP(=O)(Cc1ccc(-c2noc(C(F)(F)F)n2)cc1)NC1CC1. The molecule has 1 aromatic carbocycles. The van der Waals surface area contributed by atoms with Gasteiger partial charge in [0.25, 0.3) is 7.52 Å². The molecule has 6 nitrogen and oxygen atoms in total. The fraction of sp³-hybridized carbons (Fsp3) is 0.467. The summed E-state index contributed by atoms with van der Waals surface area (Å²) in [5, 5.41) is 6.39. The average molecular weight is 375 g/mol. The van der Waals surface area contributed by atoms with E-state index < -0.39 is 19.6 Å². The largest absolute Gasteiger partial charge is 0.471 e. The topological polar surface area (TPSA) is 77.2 Å². The molecule has 0 amide bonds. The van der Waals surface area contributed by atoms with Gasteiger partial charge in [-0.1, -0.05) is 29.4 Å². The third kappa shape index (κ3) is 4.68. The van der Waals surface area contributed by atoms with Gasteiger partial charge in [0, 0.05) is 11.6 Å². The molecule has 1 N–H and O–H groups in total. The maximum atomic E-state index is 12.8. The van der Waals surface area contributed by atoms with Crippen LogP contribution < -0.4 is 5.09 Å². The quantitative estimate of drug-likeness (QED) is 0.730. The van der Waals surface area contributed by atoms with Crippen LogP contribution in [0.2, 0.25) is 0 Å². The van der Waals surface area contributed by atoms with Crippen LogP contribution in [0.4, 0.5) is 13.2 Å². The summed E-state index contributed by atoms with van der Waals surface area (Å²) < 4.78 is 59.9. The van der Waals surface area contributed by atoms with Crippen LogP contribution in [0.25, 0.3) is 11.4 Å². The summed E-state index contributed by atoms with van der Waals surface area (Å²) in [6, 6.07) is 6.69. The molecule has 1 heterocycles. The number of benzene rings is 1. The predicted octanol–water partition coefficient (Wildman–Crippen LogP) is 4.24. The molecule has 1 unspecified atom stereocenters. The van der Waals surface area contributed by atoms with Crippen LogP contribution in [0.15, 0.2) is 28.8 Å². The van der Waals surface area contributed by atoms with E-state index in [1.165, 1.54) is 0 Å². The molecule has 1 fully saturated rings. The van der Waals surface area contributed by atoms with Crippen molar-refractivity contribution in [3.8, 4) is 11.4 Å². The summed E-state index contributed by atoms with van der Waals surface area (Å²) in [4.78, 5) is 3.34. The van der Waals surface area contributed by atoms with Crippen molar-refractivity contribution in [3.63, 3.8) is 0 Å². The number of halogens is 3. The molecule has 0 bridgehead atoms. The Morgan fingerprint density at radius 2 is 2.00 bits per heavy atom. The smallest absolute Gasteiger partial charge is 0.329 e. The Kier molecular flexibility index (Phi) is 4.99. The number of hydrogen-bond donors (Lipinski definition) is 1. The maximum Gasteiger partial charge on any atom is 0.471 e. The Labute approximate surface area is 142 Å². The molecule has 10 heteroatoms. The molecule has 0 radical (unpaired) electrons. The molecule has 1 aliphatic rings. The third-order valence-electron chi connectivity index (χ3n) is 3.57. The first-order valence-electron chi connectivity index (χ1n) is 7.81. The molecule has 136 valence electrons. The van der Waals surface area contributed by atoms with Crippen molar-refractivity contribution < 1.29 is 26.8 Å². The number of aromatic nitrogens is 2. The van der Waals surface area contributed by atoms with Crippen LogP contribution in [-0.2, 0) is 21.4 Å². The van der Waals surface area contributed by atoms with E-state index in [1.807, 2.05) is 0 Å². The first-order valence-corrected chi connectivity index (χ1v) is 9.62. The lowest BCUT2D eigenvalue weighted by Gasteiger charge is -2.19. The Morgan fingerprint density at radius 1 is 1.32 bits per heavy atom. The van der Waals surface area contributed by atoms with Gasteiger partial charge in [-0.2, -0.15) is 18.2 Å². The van der Waals surface area contributed by atoms with E-state index in [0.29, 0.717) is 12.2 Å². The van der Waals surface area contributed by atoms with Gasteiger partial charge in [-0.15, -0.1) is 0 Å². The van der Waals surface area contributed by atoms with Crippen molar-refractivity contribution in [1.82, 2.24) is 15.2 Å². The molecule has 1 saturated carbocycles. The van der Waals surface area contributed by atoms with Crippen molar-refractivity contribution in [1.29, 1.82) is 0 Å². The van der Waals surface area contributed by atoms with Crippen LogP contribution >= 0.6 is 7.52 Å². The minimum absolute atomic E-state index is 0.150. The van der Waals surface area contributed by atoms with Crippen molar-refractivity contribution in [2.75, 3.05) is 6.61 Å². The molecule has 1 atom stereocenters. The van der Waals surface area contributed by atoms with Crippen molar-refractivity contribution >= 4 is 7.52 Å². The summed E-state index contributed by atoms with van der Waals surface area (Å²) in [5.41, 5.74) is 1.12. The van der Waals surface area contributed by atoms with Crippen LogP contribution in [0, 0.1) is 0 Å². The molecule has 25 heavy (non-hydrogen) atoms. The van der Waals surface area contributed by atoms with Crippen molar-refractivity contribution in [3.05, 3.63) is 35.7 Å². The standard InChI is InChI=1S/C15H17F3N3O3P/c1-2-23-25(22,21-12-7-8-12)9-10-3-5-11(6-4-10)13-19-14(24-20-13)15(16,17)18/h3-6,12H,2,7-9H2,1H3,(H,21,22). The van der Waals surface area contributed by atoms with Crippen molar-refractivity contribution in [2.24, 2.45) is 0 Å². The third-order valence-corrected chi connectivity index (χ3v) is 5.78. The summed E-state index contributed by atoms with van der Waals surface area (Å²) in [7, 11) is -2.99. The van der Waals surface area contributed by atoms with E-state index >= 15 is 0 Å². The van der Waals surface area contributed by atoms with Gasteiger partial charge in [-0.3, -0.25) is 4.57 Å². The Morgan fingerprint density at radius 3 is 2.52 bits per heavy atom. The second-order valence-electron chi connectivity index (χ2n) is 5.77. The van der Waals surface area contributed by atoms with Crippen molar-refractivity contribution in [2.45, 2.75) is 38.1 Å². The van der Waals surface area contributed by atoms with Gasteiger partial charge >= 0.3 is 12.1 Å². The second-order valence-corrected chi connectivity index (χ2v) is 7.95. The second kappa shape index (κ2) is 6.90. The zero-order valence-electron chi connectivity index (χ0n) is 13.4.